The quantitative estimate of drug-likeness (QED) is 0.719. The molecule has 1 aromatic rings. The molecule has 1 aromatic heterocycles. The maximum absolute atomic E-state index is 5.86. The van der Waals surface area contributed by atoms with E-state index in [1.165, 1.54) is 0 Å². The Morgan fingerprint density at radius 3 is 3.07 bits per heavy atom. The zero-order valence-electron chi connectivity index (χ0n) is 9.23. The highest BCUT2D eigenvalue weighted by atomic mass is 32.1. The topological polar surface area (TPSA) is 57.4 Å². The second-order valence-corrected chi connectivity index (χ2v) is 4.12. The lowest BCUT2D eigenvalue weighted by molar-refractivity contribution is 0.150. The van der Waals surface area contributed by atoms with Gasteiger partial charge in [0.2, 0.25) is 0 Å². The number of methoxy groups -OCH3 is 1. The average molecular weight is 230 g/mol. The fourth-order valence-electron chi connectivity index (χ4n) is 1.18. The molecule has 0 radical (unpaired) electrons. The van der Waals surface area contributed by atoms with Crippen LogP contribution in [0, 0.1) is 0 Å². The lowest BCUT2D eigenvalue weighted by Gasteiger charge is -2.05. The molecule has 2 N–H and O–H groups in total. The largest absolute Gasteiger partial charge is 0.383 e. The number of rotatable bonds is 7. The van der Waals surface area contributed by atoms with E-state index in [2.05, 4.69) is 4.98 Å². The second kappa shape index (κ2) is 6.90. The average Bonchev–Trinajstić information content (AvgIpc) is 2.67. The third kappa shape index (κ3) is 4.25. The molecule has 0 saturated heterocycles. The van der Waals surface area contributed by atoms with Crippen LogP contribution in [0.15, 0.2) is 5.38 Å². The molecular formula is C10H18N2O2S. The Bertz CT molecular complexity index is 278. The van der Waals surface area contributed by atoms with Crippen molar-refractivity contribution in [2.75, 3.05) is 26.9 Å². The fourth-order valence-corrected chi connectivity index (χ4v) is 2.02. The maximum atomic E-state index is 5.86. The van der Waals surface area contributed by atoms with Crippen molar-refractivity contribution in [1.82, 2.24) is 4.98 Å². The minimum atomic E-state index is -0.118. The molecule has 0 aliphatic rings. The highest BCUT2D eigenvalue weighted by Crippen LogP contribution is 2.15. The van der Waals surface area contributed by atoms with Crippen molar-refractivity contribution in [2.45, 2.75) is 19.4 Å². The second-order valence-electron chi connectivity index (χ2n) is 3.17. The zero-order chi connectivity index (χ0) is 11.1. The number of hydrogen-bond donors (Lipinski definition) is 1. The third-order valence-corrected chi connectivity index (χ3v) is 2.89. The molecule has 4 nitrogen and oxygen atoms in total. The number of hydrogen-bond acceptors (Lipinski definition) is 5. The van der Waals surface area contributed by atoms with E-state index in [9.17, 15) is 0 Å². The van der Waals surface area contributed by atoms with E-state index < -0.39 is 0 Å². The van der Waals surface area contributed by atoms with Crippen molar-refractivity contribution >= 4 is 11.3 Å². The summed E-state index contributed by atoms with van der Waals surface area (Å²) in [4.78, 5) is 4.43. The van der Waals surface area contributed by atoms with Gasteiger partial charge in [0.25, 0.3) is 0 Å². The minimum absolute atomic E-state index is 0.118. The molecule has 0 bridgehead atoms. The first kappa shape index (κ1) is 12.6. The molecule has 86 valence electrons. The van der Waals surface area contributed by atoms with Crippen LogP contribution in [0.3, 0.4) is 0 Å². The number of ether oxygens (including phenoxy) is 2. The Balaban J connectivity index is 2.41. The van der Waals surface area contributed by atoms with Crippen LogP contribution >= 0.6 is 11.3 Å². The molecule has 0 aliphatic carbocycles. The molecule has 1 unspecified atom stereocenters. The van der Waals surface area contributed by atoms with Crippen LogP contribution < -0.4 is 5.73 Å². The van der Waals surface area contributed by atoms with Gasteiger partial charge in [-0.05, 0) is 6.92 Å². The lowest BCUT2D eigenvalue weighted by atomic mass is 10.2. The van der Waals surface area contributed by atoms with Crippen LogP contribution in [-0.2, 0) is 15.9 Å². The van der Waals surface area contributed by atoms with E-state index in [4.69, 9.17) is 15.2 Å². The van der Waals surface area contributed by atoms with Gasteiger partial charge in [0.1, 0.15) is 0 Å². The van der Waals surface area contributed by atoms with Gasteiger partial charge < -0.3 is 15.2 Å². The first-order valence-electron chi connectivity index (χ1n) is 5.04. The van der Waals surface area contributed by atoms with Crippen LogP contribution in [0.4, 0.5) is 0 Å². The molecule has 1 atom stereocenters. The third-order valence-electron chi connectivity index (χ3n) is 1.96. The number of thiazole rings is 1. The van der Waals surface area contributed by atoms with Crippen LogP contribution in [0.2, 0.25) is 0 Å². The van der Waals surface area contributed by atoms with Crippen molar-refractivity contribution in [3.8, 4) is 0 Å². The predicted octanol–water partition coefficient (Wildman–Crippen LogP) is 1.37. The minimum Gasteiger partial charge on any atom is -0.383 e. The van der Waals surface area contributed by atoms with E-state index in [1.807, 2.05) is 12.3 Å². The van der Waals surface area contributed by atoms with Gasteiger partial charge >= 0.3 is 0 Å². The molecule has 0 spiro atoms. The molecular weight excluding hydrogens is 212 g/mol. The molecule has 0 amide bonds. The van der Waals surface area contributed by atoms with Crippen molar-refractivity contribution in [3.63, 3.8) is 0 Å². The monoisotopic (exact) mass is 230 g/mol. The van der Waals surface area contributed by atoms with Gasteiger partial charge in [-0.3, -0.25) is 0 Å². The number of nitrogens with zero attached hydrogens (tertiary/aromatic N) is 1. The number of aromatic nitrogens is 1. The van der Waals surface area contributed by atoms with E-state index in [0.29, 0.717) is 6.61 Å². The summed E-state index contributed by atoms with van der Waals surface area (Å²) in [7, 11) is 1.64. The Morgan fingerprint density at radius 1 is 1.60 bits per heavy atom. The summed E-state index contributed by atoms with van der Waals surface area (Å²) in [6, 6.07) is -0.118. The van der Waals surface area contributed by atoms with E-state index in [1.54, 1.807) is 18.4 Å². The summed E-state index contributed by atoms with van der Waals surface area (Å²) in [5.74, 6) is 0. The smallest absolute Gasteiger partial charge is 0.0951 e. The van der Waals surface area contributed by atoms with Crippen LogP contribution in [0.5, 0.6) is 0 Å². The van der Waals surface area contributed by atoms with Gasteiger partial charge in [0.15, 0.2) is 0 Å². The standard InChI is InChI=1S/C10H18N2O2S/c1-3-14-5-4-10-12-9(7-15-10)8(11)6-13-2/h7-8H,3-6,11H2,1-2H3. The molecule has 1 heterocycles. The highest BCUT2D eigenvalue weighted by Gasteiger charge is 2.09. The first-order valence-corrected chi connectivity index (χ1v) is 5.92. The summed E-state index contributed by atoms with van der Waals surface area (Å²) in [5.41, 5.74) is 6.77. The normalized spacial score (nSPS) is 13.0. The molecule has 5 heteroatoms. The van der Waals surface area contributed by atoms with Gasteiger partial charge in [0, 0.05) is 25.5 Å². The Hall–Kier alpha value is -0.490. The fraction of sp³-hybridized carbons (Fsp3) is 0.700. The van der Waals surface area contributed by atoms with Crippen molar-refractivity contribution in [2.24, 2.45) is 5.73 Å². The summed E-state index contributed by atoms with van der Waals surface area (Å²) in [6.45, 7) is 3.97. The van der Waals surface area contributed by atoms with Gasteiger partial charge in [-0.25, -0.2) is 4.98 Å². The zero-order valence-corrected chi connectivity index (χ0v) is 10.0. The van der Waals surface area contributed by atoms with Crippen molar-refractivity contribution in [1.29, 1.82) is 0 Å². The van der Waals surface area contributed by atoms with Crippen molar-refractivity contribution < 1.29 is 9.47 Å². The summed E-state index contributed by atoms with van der Waals surface area (Å²) < 4.78 is 10.2. The molecule has 1 rings (SSSR count). The maximum Gasteiger partial charge on any atom is 0.0951 e. The molecule has 0 fully saturated rings. The van der Waals surface area contributed by atoms with Crippen LogP contribution in [-0.4, -0.2) is 31.9 Å². The Labute approximate surface area is 94.4 Å². The van der Waals surface area contributed by atoms with Gasteiger partial charge in [-0.1, -0.05) is 0 Å². The predicted molar refractivity (Wildman–Crippen MR) is 61.1 cm³/mol. The summed E-state index contributed by atoms with van der Waals surface area (Å²) in [5, 5.41) is 3.07. The number of nitrogens with two attached hydrogens (primary N) is 1. The summed E-state index contributed by atoms with van der Waals surface area (Å²) in [6.07, 6.45) is 0.859. The van der Waals surface area contributed by atoms with Gasteiger partial charge in [0.05, 0.1) is 30.0 Å². The van der Waals surface area contributed by atoms with E-state index in [0.717, 1.165) is 30.3 Å². The molecule has 0 aromatic carbocycles. The summed E-state index contributed by atoms with van der Waals surface area (Å²) >= 11 is 1.63. The van der Waals surface area contributed by atoms with Gasteiger partial charge in [-0.15, -0.1) is 11.3 Å². The van der Waals surface area contributed by atoms with E-state index in [-0.39, 0.29) is 6.04 Å². The lowest BCUT2D eigenvalue weighted by Crippen LogP contribution is -2.16. The van der Waals surface area contributed by atoms with Crippen molar-refractivity contribution in [3.05, 3.63) is 16.1 Å². The SMILES string of the molecule is CCOCCc1nc(C(N)COC)cs1. The Morgan fingerprint density at radius 2 is 2.40 bits per heavy atom. The first-order chi connectivity index (χ1) is 7.27. The Kier molecular flexibility index (Phi) is 5.78. The molecule has 0 saturated carbocycles. The van der Waals surface area contributed by atoms with Crippen LogP contribution in [0.1, 0.15) is 23.7 Å². The van der Waals surface area contributed by atoms with Gasteiger partial charge in [-0.2, -0.15) is 0 Å². The molecule has 0 aliphatic heterocycles. The molecule has 15 heavy (non-hydrogen) atoms. The van der Waals surface area contributed by atoms with E-state index >= 15 is 0 Å². The highest BCUT2D eigenvalue weighted by molar-refractivity contribution is 7.09. The van der Waals surface area contributed by atoms with Crippen LogP contribution in [0.25, 0.3) is 0 Å².